The van der Waals surface area contributed by atoms with Gasteiger partial charge in [0.2, 0.25) is 17.7 Å². The Balaban J connectivity index is 3.03. The number of hydrogen-bond acceptors (Lipinski definition) is 8. The highest BCUT2D eigenvalue weighted by Gasteiger charge is 2.38. The van der Waals surface area contributed by atoms with Crippen molar-refractivity contribution >= 4 is 27.6 Å². The fourth-order valence-electron chi connectivity index (χ4n) is 3.86. The smallest absolute Gasteiger partial charge is 0.246 e. The van der Waals surface area contributed by atoms with E-state index in [0.717, 1.165) is 22.9 Å². The summed E-state index contributed by atoms with van der Waals surface area (Å²) < 4.78 is 31.2. The summed E-state index contributed by atoms with van der Waals surface area (Å²) >= 11 is 0. The van der Waals surface area contributed by atoms with Gasteiger partial charge < -0.3 is 25.4 Å². The van der Waals surface area contributed by atoms with Crippen molar-refractivity contribution in [2.45, 2.75) is 64.1 Å². The molecule has 0 aliphatic carbocycles. The zero-order chi connectivity index (χ0) is 26.1. The van der Waals surface area contributed by atoms with Gasteiger partial charge in [0.1, 0.15) is 12.1 Å². The molecule has 1 rings (SSSR count). The van der Waals surface area contributed by atoms with Crippen molar-refractivity contribution in [2.75, 3.05) is 58.4 Å². The molecule has 0 aromatic rings. The van der Waals surface area contributed by atoms with E-state index >= 15 is 0 Å². The lowest BCUT2D eigenvalue weighted by atomic mass is 9.97. The zero-order valence-corrected chi connectivity index (χ0v) is 22.0. The molecule has 1 aliphatic heterocycles. The van der Waals surface area contributed by atoms with Crippen molar-refractivity contribution < 1.29 is 32.6 Å². The number of sulfone groups is 1. The van der Waals surface area contributed by atoms with E-state index in [0.29, 0.717) is 32.6 Å². The molecule has 3 amide bonds. The van der Waals surface area contributed by atoms with Crippen molar-refractivity contribution in [3.05, 3.63) is 0 Å². The predicted molar refractivity (Wildman–Crippen MR) is 129 cm³/mol. The number of likely N-dealkylation sites (N-methyl/N-ethyl adjacent to an activating group) is 2. The van der Waals surface area contributed by atoms with Gasteiger partial charge in [-0.2, -0.15) is 0 Å². The van der Waals surface area contributed by atoms with E-state index in [4.69, 9.17) is 10.5 Å². The molecule has 3 N–H and O–H groups in total. The van der Waals surface area contributed by atoms with E-state index in [1.807, 2.05) is 6.92 Å². The summed E-state index contributed by atoms with van der Waals surface area (Å²) in [5.41, 5.74) is 4.18. The highest BCUT2D eigenvalue weighted by molar-refractivity contribution is 7.91. The Bertz CT molecular complexity index is 792. The summed E-state index contributed by atoms with van der Waals surface area (Å²) in [5.74, 6) is -2.59. The van der Waals surface area contributed by atoms with Crippen molar-refractivity contribution in [3.8, 4) is 0 Å². The monoisotopic (exact) mass is 506 g/mol. The molecule has 1 fully saturated rings. The van der Waals surface area contributed by atoms with Gasteiger partial charge >= 0.3 is 0 Å². The average Bonchev–Trinajstić information content (AvgIpc) is 2.74. The second-order valence-electron chi connectivity index (χ2n) is 9.58. The maximum atomic E-state index is 13.4. The topological polar surface area (TPSA) is 151 Å². The predicted octanol–water partition coefficient (Wildman–Crippen LogP) is -0.776. The van der Waals surface area contributed by atoms with E-state index in [1.165, 1.54) is 27.9 Å². The molecule has 0 aromatic heterocycles. The molecule has 1 aliphatic rings. The third kappa shape index (κ3) is 10.2. The molecule has 1 saturated heterocycles. The molecule has 34 heavy (non-hydrogen) atoms. The molecule has 0 radical (unpaired) electrons. The number of nitrogens with zero attached hydrogens (tertiary/aromatic N) is 3. The fraction of sp³-hybridized carbons (Fsp3) is 0.864. The van der Waals surface area contributed by atoms with Crippen LogP contribution >= 0.6 is 0 Å². The number of rotatable bonds is 14. The number of hydrogen-bond donors (Lipinski definition) is 2. The zero-order valence-electron chi connectivity index (χ0n) is 21.2. The van der Waals surface area contributed by atoms with Gasteiger partial charge in [-0.25, -0.2) is 8.42 Å². The van der Waals surface area contributed by atoms with Gasteiger partial charge in [-0.15, -0.1) is 0 Å². The van der Waals surface area contributed by atoms with Crippen LogP contribution in [0.2, 0.25) is 0 Å². The summed E-state index contributed by atoms with van der Waals surface area (Å²) in [6.07, 6.45) is 0.962. The second kappa shape index (κ2) is 13.4. The van der Waals surface area contributed by atoms with Gasteiger partial charge in [0.25, 0.3) is 0 Å². The van der Waals surface area contributed by atoms with Crippen LogP contribution in [-0.4, -0.2) is 122 Å². The lowest BCUT2D eigenvalue weighted by molar-refractivity contribution is -0.147. The molecule has 0 bridgehead atoms. The van der Waals surface area contributed by atoms with Crippen LogP contribution in [0.25, 0.3) is 0 Å². The SMILES string of the molecule is CCCC(=O)N(C)[C@H](CS(=O)(=O)CCCN1CCOCC1)C(=O)N(C)[C@@H](CC(C)(C)O)C(N)=O. The molecule has 198 valence electrons. The molecule has 0 saturated carbocycles. The van der Waals surface area contributed by atoms with E-state index in [2.05, 4.69) is 4.90 Å². The quantitative estimate of drug-likeness (QED) is 0.312. The summed E-state index contributed by atoms with van der Waals surface area (Å²) in [4.78, 5) is 42.3. The Hall–Kier alpha value is -1.76. The highest BCUT2D eigenvalue weighted by Crippen LogP contribution is 2.18. The van der Waals surface area contributed by atoms with E-state index in [-0.39, 0.29) is 24.5 Å². The molecule has 1 heterocycles. The van der Waals surface area contributed by atoms with Crippen molar-refractivity contribution in [2.24, 2.45) is 5.73 Å². The molecule has 12 heteroatoms. The van der Waals surface area contributed by atoms with Crippen molar-refractivity contribution in [1.29, 1.82) is 0 Å². The Morgan fingerprint density at radius 2 is 1.71 bits per heavy atom. The molecule has 0 spiro atoms. The molecule has 2 atom stereocenters. The minimum atomic E-state index is -3.70. The minimum Gasteiger partial charge on any atom is -0.390 e. The molecule has 11 nitrogen and oxygen atoms in total. The lowest BCUT2D eigenvalue weighted by Crippen LogP contribution is -2.57. The van der Waals surface area contributed by atoms with Gasteiger partial charge in [-0.3, -0.25) is 19.3 Å². The van der Waals surface area contributed by atoms with Gasteiger partial charge in [-0.05, 0) is 33.2 Å². The van der Waals surface area contributed by atoms with E-state index in [9.17, 15) is 27.9 Å². The summed E-state index contributed by atoms with van der Waals surface area (Å²) in [7, 11) is -0.971. The third-order valence-electron chi connectivity index (χ3n) is 5.89. The number of aliphatic hydroxyl groups is 1. The number of amides is 3. The maximum absolute atomic E-state index is 13.4. The fourth-order valence-corrected chi connectivity index (χ4v) is 5.44. The second-order valence-corrected chi connectivity index (χ2v) is 11.8. The van der Waals surface area contributed by atoms with Gasteiger partial charge in [-0.1, -0.05) is 6.92 Å². The summed E-state index contributed by atoms with van der Waals surface area (Å²) in [6.45, 7) is 8.09. The first-order valence-corrected chi connectivity index (χ1v) is 13.5. The third-order valence-corrected chi connectivity index (χ3v) is 7.63. The number of nitrogens with two attached hydrogens (primary N) is 1. The number of primary amides is 1. The summed E-state index contributed by atoms with van der Waals surface area (Å²) in [5, 5.41) is 10.1. The Kier molecular flexibility index (Phi) is 11.9. The van der Waals surface area contributed by atoms with Crippen LogP contribution in [0, 0.1) is 0 Å². The van der Waals surface area contributed by atoms with E-state index < -0.39 is 45.1 Å². The number of morpholine rings is 1. The van der Waals surface area contributed by atoms with Crippen LogP contribution < -0.4 is 5.73 Å². The van der Waals surface area contributed by atoms with E-state index in [1.54, 1.807) is 0 Å². The maximum Gasteiger partial charge on any atom is 0.246 e. The van der Waals surface area contributed by atoms with Crippen LogP contribution in [-0.2, 0) is 29.0 Å². The van der Waals surface area contributed by atoms with Crippen LogP contribution in [0.1, 0.15) is 46.5 Å². The number of carbonyl (C=O) groups is 3. The molecular weight excluding hydrogens is 464 g/mol. The normalized spacial score (nSPS) is 17.1. The Morgan fingerprint density at radius 3 is 2.21 bits per heavy atom. The standard InChI is InChI=1S/C22H42N4O7S/c1-6-8-19(27)24(4)18(21(29)25(5)17(20(23)28)15-22(2,3)30)16-34(31,32)14-7-9-26-10-12-33-13-11-26/h17-18,30H,6-16H2,1-5H3,(H2,23,28)/t17-,18+/m0/s1. The van der Waals surface area contributed by atoms with Gasteiger partial charge in [0.15, 0.2) is 9.84 Å². The van der Waals surface area contributed by atoms with Crippen molar-refractivity contribution in [1.82, 2.24) is 14.7 Å². The van der Waals surface area contributed by atoms with Crippen LogP contribution in [0.3, 0.4) is 0 Å². The van der Waals surface area contributed by atoms with Gasteiger partial charge in [0, 0.05) is 40.0 Å². The average molecular weight is 507 g/mol. The minimum absolute atomic E-state index is 0.128. The Labute approximate surface area is 203 Å². The van der Waals surface area contributed by atoms with Crippen molar-refractivity contribution in [3.63, 3.8) is 0 Å². The first kappa shape index (κ1) is 30.3. The lowest BCUT2D eigenvalue weighted by Gasteiger charge is -2.35. The van der Waals surface area contributed by atoms with Crippen LogP contribution in [0.15, 0.2) is 0 Å². The number of ether oxygens (including phenoxy) is 1. The Morgan fingerprint density at radius 1 is 1.12 bits per heavy atom. The first-order chi connectivity index (χ1) is 15.7. The largest absolute Gasteiger partial charge is 0.390 e. The summed E-state index contributed by atoms with van der Waals surface area (Å²) in [6, 6.07) is -2.46. The molecular formula is C22H42N4O7S. The molecule has 0 aromatic carbocycles. The number of carbonyl (C=O) groups excluding carboxylic acids is 3. The van der Waals surface area contributed by atoms with Gasteiger partial charge in [0.05, 0.1) is 30.3 Å². The molecule has 0 unspecified atom stereocenters. The highest BCUT2D eigenvalue weighted by atomic mass is 32.2. The van der Waals surface area contributed by atoms with Crippen LogP contribution in [0.4, 0.5) is 0 Å². The van der Waals surface area contributed by atoms with Crippen LogP contribution in [0.5, 0.6) is 0 Å². The first-order valence-electron chi connectivity index (χ1n) is 11.7.